The van der Waals surface area contributed by atoms with Gasteiger partial charge in [-0.05, 0) is 72.9 Å². The lowest BCUT2D eigenvalue weighted by Gasteiger charge is -2.27. The molecule has 0 radical (unpaired) electrons. The molecule has 6 heteroatoms. The lowest BCUT2D eigenvalue weighted by Crippen LogP contribution is -2.34. The Morgan fingerprint density at radius 3 is 2.47 bits per heavy atom. The second kappa shape index (κ2) is 9.75. The molecule has 0 amide bonds. The molecule has 2 aromatic rings. The molecule has 0 unspecified atom stereocenters. The van der Waals surface area contributed by atoms with Gasteiger partial charge in [0.05, 0.1) is 17.1 Å². The molecule has 0 spiro atoms. The molecule has 1 fully saturated rings. The highest BCUT2D eigenvalue weighted by molar-refractivity contribution is 7.92. The van der Waals surface area contributed by atoms with E-state index in [-0.39, 0.29) is 5.92 Å². The molecule has 2 aliphatic heterocycles. The van der Waals surface area contributed by atoms with Crippen LogP contribution in [0.15, 0.2) is 52.4 Å². The summed E-state index contributed by atoms with van der Waals surface area (Å²) < 4.78 is 34.4. The Morgan fingerprint density at radius 2 is 1.81 bits per heavy atom. The summed E-state index contributed by atoms with van der Waals surface area (Å²) in [5.41, 5.74) is 5.15. The van der Waals surface area contributed by atoms with Crippen molar-refractivity contribution in [2.75, 3.05) is 24.1 Å². The Hall–Kier alpha value is -2.18. The third-order valence-electron chi connectivity index (χ3n) is 6.40. The summed E-state index contributed by atoms with van der Waals surface area (Å²) in [6, 6.07) is 13.4. The molecule has 4 rings (SSSR count). The molecule has 0 saturated carbocycles. The van der Waals surface area contributed by atoms with Gasteiger partial charge in [-0.3, -0.25) is 9.30 Å². The molecule has 0 atom stereocenters. The van der Waals surface area contributed by atoms with Crippen LogP contribution in [0.1, 0.15) is 56.7 Å². The van der Waals surface area contributed by atoms with E-state index in [0.717, 1.165) is 55.7 Å². The fraction of sp³-hybridized carbons (Fsp3) is 0.500. The maximum Gasteiger partial charge on any atom is 0.264 e. The average Bonchev–Trinajstić information content (AvgIpc) is 3.20. The van der Waals surface area contributed by atoms with E-state index in [1.807, 2.05) is 50.2 Å². The first-order chi connectivity index (χ1) is 15.4. The van der Waals surface area contributed by atoms with Crippen molar-refractivity contribution in [3.05, 3.63) is 59.2 Å². The number of aryl methyl sites for hydroxylation is 1. The van der Waals surface area contributed by atoms with Crippen molar-refractivity contribution >= 4 is 21.4 Å². The van der Waals surface area contributed by atoms with Crippen LogP contribution in [-0.4, -0.2) is 33.9 Å². The van der Waals surface area contributed by atoms with Crippen LogP contribution in [0.5, 0.6) is 0 Å². The number of fused-ring (bicyclic) bond motifs is 1. The number of sulfonamides is 1. The number of rotatable bonds is 8. The standard InChI is InChI=1S/C26H34N2O3S/c1-4-20-5-7-23(8-6-20)28(18-19(2)3)32(29,30)24-9-10-25-22(16-24)17-27-26(25)15-21-11-13-31-14-12-21/h5-10,16,19,21H,4,11-15,17-18H2,1-3H3. The van der Waals surface area contributed by atoms with E-state index in [0.29, 0.717) is 29.6 Å². The summed E-state index contributed by atoms with van der Waals surface area (Å²) in [4.78, 5) is 5.11. The summed E-state index contributed by atoms with van der Waals surface area (Å²) in [6.45, 7) is 8.84. The summed E-state index contributed by atoms with van der Waals surface area (Å²) in [5, 5.41) is 0. The zero-order chi connectivity index (χ0) is 22.7. The number of anilines is 1. The van der Waals surface area contributed by atoms with E-state index in [2.05, 4.69) is 6.92 Å². The predicted molar refractivity (Wildman–Crippen MR) is 130 cm³/mol. The minimum absolute atomic E-state index is 0.208. The number of hydrogen-bond donors (Lipinski definition) is 0. The molecule has 2 aliphatic rings. The van der Waals surface area contributed by atoms with Crippen molar-refractivity contribution < 1.29 is 13.2 Å². The van der Waals surface area contributed by atoms with Gasteiger partial charge in [-0.1, -0.05) is 39.0 Å². The van der Waals surface area contributed by atoms with Crippen LogP contribution in [0.3, 0.4) is 0 Å². The predicted octanol–water partition coefficient (Wildman–Crippen LogP) is 5.22. The van der Waals surface area contributed by atoms with Gasteiger partial charge in [0.25, 0.3) is 10.0 Å². The van der Waals surface area contributed by atoms with E-state index >= 15 is 0 Å². The Bertz CT molecular complexity index is 1070. The highest BCUT2D eigenvalue weighted by Crippen LogP contribution is 2.31. The SMILES string of the molecule is CCc1ccc(N(CC(C)C)S(=O)(=O)c2ccc3c(c2)CN=C3CC2CCOCC2)cc1. The van der Waals surface area contributed by atoms with Gasteiger partial charge in [-0.2, -0.15) is 0 Å². The fourth-order valence-corrected chi connectivity index (χ4v) is 6.19. The van der Waals surface area contributed by atoms with Gasteiger partial charge in [-0.15, -0.1) is 0 Å². The number of benzene rings is 2. The Kier molecular flexibility index (Phi) is 7.01. The third-order valence-corrected chi connectivity index (χ3v) is 8.19. The average molecular weight is 455 g/mol. The fourth-order valence-electron chi connectivity index (χ4n) is 4.51. The largest absolute Gasteiger partial charge is 0.381 e. The van der Waals surface area contributed by atoms with Gasteiger partial charge < -0.3 is 4.74 Å². The monoisotopic (exact) mass is 454 g/mol. The van der Waals surface area contributed by atoms with Crippen LogP contribution >= 0.6 is 0 Å². The van der Waals surface area contributed by atoms with E-state index in [4.69, 9.17) is 9.73 Å². The molecule has 2 heterocycles. The molecular formula is C26H34N2O3S. The van der Waals surface area contributed by atoms with Gasteiger partial charge in [0.15, 0.2) is 0 Å². The molecule has 172 valence electrons. The molecule has 1 saturated heterocycles. The first-order valence-electron chi connectivity index (χ1n) is 11.7. The van der Waals surface area contributed by atoms with Crippen molar-refractivity contribution in [1.82, 2.24) is 0 Å². The maximum atomic E-state index is 13.7. The number of aliphatic imine (C=N–C) groups is 1. The third kappa shape index (κ3) is 4.91. The Balaban J connectivity index is 1.59. The van der Waals surface area contributed by atoms with Crippen molar-refractivity contribution in [2.45, 2.75) is 57.9 Å². The zero-order valence-electron chi connectivity index (χ0n) is 19.4. The summed E-state index contributed by atoms with van der Waals surface area (Å²) in [5.74, 6) is 0.809. The molecule has 0 N–H and O–H groups in total. The van der Waals surface area contributed by atoms with Crippen molar-refractivity contribution in [1.29, 1.82) is 0 Å². The van der Waals surface area contributed by atoms with Crippen LogP contribution in [0.4, 0.5) is 5.69 Å². The van der Waals surface area contributed by atoms with Gasteiger partial charge >= 0.3 is 0 Å². The van der Waals surface area contributed by atoms with Crippen LogP contribution < -0.4 is 4.31 Å². The van der Waals surface area contributed by atoms with Crippen LogP contribution in [-0.2, 0) is 27.7 Å². The topological polar surface area (TPSA) is 59.0 Å². The number of ether oxygens (including phenoxy) is 1. The highest BCUT2D eigenvalue weighted by atomic mass is 32.2. The minimum Gasteiger partial charge on any atom is -0.381 e. The van der Waals surface area contributed by atoms with E-state index in [9.17, 15) is 8.42 Å². The number of nitrogens with zero attached hydrogens (tertiary/aromatic N) is 2. The molecule has 2 aromatic carbocycles. The van der Waals surface area contributed by atoms with E-state index in [1.165, 1.54) is 5.56 Å². The first-order valence-corrected chi connectivity index (χ1v) is 13.2. The molecule has 0 aromatic heterocycles. The molecular weight excluding hydrogens is 420 g/mol. The van der Waals surface area contributed by atoms with E-state index < -0.39 is 10.0 Å². The van der Waals surface area contributed by atoms with Crippen LogP contribution in [0, 0.1) is 11.8 Å². The Labute approximate surface area is 192 Å². The van der Waals surface area contributed by atoms with Gasteiger partial charge in [0, 0.05) is 31.0 Å². The van der Waals surface area contributed by atoms with Crippen LogP contribution in [0.25, 0.3) is 0 Å². The minimum atomic E-state index is -3.67. The van der Waals surface area contributed by atoms with Crippen LogP contribution in [0.2, 0.25) is 0 Å². The lowest BCUT2D eigenvalue weighted by molar-refractivity contribution is 0.0685. The van der Waals surface area contributed by atoms with Crippen molar-refractivity contribution in [3.63, 3.8) is 0 Å². The second-order valence-electron chi connectivity index (χ2n) is 9.29. The Morgan fingerprint density at radius 1 is 1.09 bits per heavy atom. The number of hydrogen-bond acceptors (Lipinski definition) is 4. The van der Waals surface area contributed by atoms with Crippen molar-refractivity contribution in [2.24, 2.45) is 16.8 Å². The normalized spacial score (nSPS) is 16.8. The van der Waals surface area contributed by atoms with Crippen molar-refractivity contribution in [3.8, 4) is 0 Å². The van der Waals surface area contributed by atoms with Gasteiger partial charge in [0.2, 0.25) is 0 Å². The molecule has 0 bridgehead atoms. The van der Waals surface area contributed by atoms with Gasteiger partial charge in [0.1, 0.15) is 0 Å². The van der Waals surface area contributed by atoms with E-state index in [1.54, 1.807) is 10.4 Å². The quantitative estimate of drug-likeness (QED) is 0.549. The first kappa shape index (κ1) is 23.0. The smallest absolute Gasteiger partial charge is 0.264 e. The van der Waals surface area contributed by atoms with Gasteiger partial charge in [-0.25, -0.2) is 8.42 Å². The second-order valence-corrected chi connectivity index (χ2v) is 11.2. The summed E-state index contributed by atoms with van der Waals surface area (Å²) >= 11 is 0. The maximum absolute atomic E-state index is 13.7. The molecule has 32 heavy (non-hydrogen) atoms. The molecule has 5 nitrogen and oxygen atoms in total. The molecule has 0 aliphatic carbocycles. The lowest BCUT2D eigenvalue weighted by atomic mass is 9.91. The highest BCUT2D eigenvalue weighted by Gasteiger charge is 2.28. The summed E-state index contributed by atoms with van der Waals surface area (Å²) in [7, 11) is -3.67. The summed E-state index contributed by atoms with van der Waals surface area (Å²) in [6.07, 6.45) is 4.02. The zero-order valence-corrected chi connectivity index (χ0v) is 20.2.